The van der Waals surface area contributed by atoms with Crippen molar-refractivity contribution in [1.82, 2.24) is 19.7 Å². The van der Waals surface area contributed by atoms with Crippen LogP contribution in [-0.4, -0.2) is 63.9 Å². The van der Waals surface area contributed by atoms with E-state index in [1.807, 2.05) is 35.4 Å². The minimum atomic E-state index is -0.937. The van der Waals surface area contributed by atoms with E-state index in [1.165, 1.54) is 12.8 Å². The van der Waals surface area contributed by atoms with Crippen LogP contribution in [0, 0.1) is 6.92 Å². The lowest BCUT2D eigenvalue weighted by atomic mass is 9.93. The predicted molar refractivity (Wildman–Crippen MR) is 140 cm³/mol. The molecule has 1 fully saturated rings. The van der Waals surface area contributed by atoms with Gasteiger partial charge in [-0.15, -0.1) is 0 Å². The largest absolute Gasteiger partial charge is 0.460 e. The number of carbonyl (C=O) groups is 2. The molecule has 0 saturated heterocycles. The molecule has 0 radical (unpaired) electrons. The molecule has 1 atom stereocenters. The minimum Gasteiger partial charge on any atom is -0.460 e. The number of amides is 2. The third-order valence-corrected chi connectivity index (χ3v) is 7.85. The van der Waals surface area contributed by atoms with Gasteiger partial charge in [-0.1, -0.05) is 39.5 Å². The number of hydrogen-bond donors (Lipinski definition) is 1. The number of fused-ring (bicyclic) bond motifs is 3. The molecule has 194 valence electrons. The Morgan fingerprint density at radius 2 is 1.80 bits per heavy atom. The van der Waals surface area contributed by atoms with Crippen LogP contribution in [0.1, 0.15) is 94.8 Å². The Bertz CT molecular complexity index is 1010. The second kappa shape index (κ2) is 11.2. The number of nitrogens with zero attached hydrogens (tertiary/aromatic N) is 3. The Morgan fingerprint density at radius 1 is 1.11 bits per heavy atom. The van der Waals surface area contributed by atoms with Gasteiger partial charge in [0, 0.05) is 24.7 Å². The summed E-state index contributed by atoms with van der Waals surface area (Å²) in [4.78, 5) is 32.0. The average molecular weight is 485 g/mol. The van der Waals surface area contributed by atoms with Crippen LogP contribution in [0.15, 0.2) is 16.5 Å². The highest BCUT2D eigenvalue weighted by Gasteiger charge is 2.48. The molecule has 3 heterocycles. The SMILES string of the molecule is CCCN(CCC)CCCN1C(=O)c2cc3oc(C)cc3n2C[C@]1(C)C(=O)NC1CCCCCC1. The summed E-state index contributed by atoms with van der Waals surface area (Å²) in [7, 11) is 0. The molecule has 7 heteroatoms. The van der Waals surface area contributed by atoms with Crippen LogP contribution < -0.4 is 5.32 Å². The first kappa shape index (κ1) is 25.8. The van der Waals surface area contributed by atoms with Gasteiger partial charge < -0.3 is 24.1 Å². The highest BCUT2D eigenvalue weighted by molar-refractivity contribution is 6.03. The number of rotatable bonds is 10. The van der Waals surface area contributed by atoms with Crippen LogP contribution in [0.5, 0.6) is 0 Å². The fourth-order valence-corrected chi connectivity index (χ4v) is 6.00. The maximum atomic E-state index is 13.9. The summed E-state index contributed by atoms with van der Waals surface area (Å²) in [6.07, 6.45) is 9.95. The van der Waals surface area contributed by atoms with Gasteiger partial charge in [-0.3, -0.25) is 9.59 Å². The number of aryl methyl sites for hydroxylation is 1. The molecule has 4 rings (SSSR count). The van der Waals surface area contributed by atoms with E-state index in [0.717, 1.165) is 81.4 Å². The van der Waals surface area contributed by atoms with E-state index in [-0.39, 0.29) is 17.9 Å². The van der Waals surface area contributed by atoms with Crippen molar-refractivity contribution in [3.8, 4) is 0 Å². The normalized spacial score (nSPS) is 21.5. The van der Waals surface area contributed by atoms with Gasteiger partial charge in [0.2, 0.25) is 5.91 Å². The third-order valence-electron chi connectivity index (χ3n) is 7.85. The highest BCUT2D eigenvalue weighted by atomic mass is 16.3. The minimum absolute atomic E-state index is 0.0237. The van der Waals surface area contributed by atoms with Crippen LogP contribution in [0.3, 0.4) is 0 Å². The van der Waals surface area contributed by atoms with Crippen molar-refractivity contribution in [2.24, 2.45) is 0 Å². The molecular weight excluding hydrogens is 440 g/mol. The van der Waals surface area contributed by atoms with E-state index < -0.39 is 5.54 Å². The van der Waals surface area contributed by atoms with E-state index in [2.05, 4.69) is 24.1 Å². The maximum Gasteiger partial charge on any atom is 0.271 e. The van der Waals surface area contributed by atoms with Gasteiger partial charge in [-0.2, -0.15) is 0 Å². The molecule has 2 aromatic heterocycles. The van der Waals surface area contributed by atoms with Crippen molar-refractivity contribution in [2.75, 3.05) is 26.2 Å². The van der Waals surface area contributed by atoms with Gasteiger partial charge in [-0.25, -0.2) is 0 Å². The number of carbonyl (C=O) groups excluding carboxylic acids is 2. The summed E-state index contributed by atoms with van der Waals surface area (Å²) in [5.74, 6) is 0.720. The summed E-state index contributed by atoms with van der Waals surface area (Å²) in [5, 5.41) is 3.36. The summed E-state index contributed by atoms with van der Waals surface area (Å²) < 4.78 is 7.83. The lowest BCUT2D eigenvalue weighted by molar-refractivity contribution is -0.133. The number of nitrogens with one attached hydrogen (secondary N) is 1. The predicted octanol–water partition coefficient (Wildman–Crippen LogP) is 5.11. The fourth-order valence-electron chi connectivity index (χ4n) is 6.00. The molecule has 2 aromatic rings. The maximum absolute atomic E-state index is 13.9. The molecule has 1 saturated carbocycles. The Hall–Kier alpha value is -2.28. The third kappa shape index (κ3) is 5.45. The molecule has 2 amide bonds. The monoisotopic (exact) mass is 484 g/mol. The van der Waals surface area contributed by atoms with E-state index >= 15 is 0 Å². The summed E-state index contributed by atoms with van der Waals surface area (Å²) in [6, 6.07) is 4.02. The molecule has 2 aliphatic rings. The molecule has 1 aliphatic carbocycles. The quantitative estimate of drug-likeness (QED) is 0.476. The smallest absolute Gasteiger partial charge is 0.271 e. The first-order chi connectivity index (χ1) is 16.9. The van der Waals surface area contributed by atoms with Crippen LogP contribution in [0.25, 0.3) is 11.1 Å². The van der Waals surface area contributed by atoms with Gasteiger partial charge in [-0.05, 0) is 65.6 Å². The Kier molecular flexibility index (Phi) is 8.25. The second-order valence-electron chi connectivity index (χ2n) is 10.8. The van der Waals surface area contributed by atoms with E-state index in [1.54, 1.807) is 0 Å². The zero-order valence-corrected chi connectivity index (χ0v) is 22.2. The van der Waals surface area contributed by atoms with Gasteiger partial charge in [0.25, 0.3) is 5.91 Å². The first-order valence-electron chi connectivity index (χ1n) is 13.8. The number of hydrogen-bond acceptors (Lipinski definition) is 4. The van der Waals surface area contributed by atoms with Crippen LogP contribution in [0.2, 0.25) is 0 Å². The number of aromatic nitrogens is 1. The molecule has 0 spiro atoms. The molecule has 1 N–H and O–H groups in total. The Balaban J connectivity index is 1.59. The van der Waals surface area contributed by atoms with Gasteiger partial charge in [0.15, 0.2) is 5.58 Å². The van der Waals surface area contributed by atoms with Crippen molar-refractivity contribution < 1.29 is 14.0 Å². The topological polar surface area (TPSA) is 70.7 Å². The Labute approximate surface area is 210 Å². The summed E-state index contributed by atoms with van der Waals surface area (Å²) in [6.45, 7) is 12.4. The lowest BCUT2D eigenvalue weighted by Crippen LogP contribution is -2.65. The molecule has 0 unspecified atom stereocenters. The molecule has 7 nitrogen and oxygen atoms in total. The standard InChI is InChI=1S/C28H44N4O3/c1-5-14-30(15-6-2)16-11-17-32-26(33)24-19-25-23(18-21(3)35-25)31(24)20-28(32,4)27(34)29-22-12-9-7-8-10-13-22/h18-19,22H,5-17,20H2,1-4H3,(H,29,34)/t28-/m1/s1. The zero-order valence-electron chi connectivity index (χ0n) is 22.2. The second-order valence-corrected chi connectivity index (χ2v) is 10.8. The van der Waals surface area contributed by atoms with E-state index in [4.69, 9.17) is 4.42 Å². The summed E-state index contributed by atoms with van der Waals surface area (Å²) >= 11 is 0. The van der Waals surface area contributed by atoms with Gasteiger partial charge in [0.05, 0.1) is 12.1 Å². The summed E-state index contributed by atoms with van der Waals surface area (Å²) in [5.41, 5.74) is 1.30. The van der Waals surface area contributed by atoms with Crippen molar-refractivity contribution in [3.05, 3.63) is 23.6 Å². The molecule has 1 aliphatic heterocycles. The van der Waals surface area contributed by atoms with Crippen LogP contribution in [-0.2, 0) is 11.3 Å². The molecule has 0 bridgehead atoms. The van der Waals surface area contributed by atoms with Crippen molar-refractivity contribution >= 4 is 22.9 Å². The Morgan fingerprint density at radius 3 is 2.46 bits per heavy atom. The van der Waals surface area contributed by atoms with E-state index in [0.29, 0.717) is 18.8 Å². The molecule has 0 aromatic carbocycles. The molecular formula is C28H44N4O3. The van der Waals surface area contributed by atoms with Crippen LogP contribution in [0.4, 0.5) is 0 Å². The number of furan rings is 1. The zero-order chi connectivity index (χ0) is 25.0. The average Bonchev–Trinajstić information content (AvgIpc) is 3.21. The highest BCUT2D eigenvalue weighted by Crippen LogP contribution is 2.34. The van der Waals surface area contributed by atoms with Gasteiger partial charge >= 0.3 is 0 Å². The van der Waals surface area contributed by atoms with Crippen molar-refractivity contribution in [1.29, 1.82) is 0 Å². The van der Waals surface area contributed by atoms with Crippen molar-refractivity contribution in [3.63, 3.8) is 0 Å². The van der Waals surface area contributed by atoms with Gasteiger partial charge in [0.1, 0.15) is 17.0 Å². The van der Waals surface area contributed by atoms with E-state index in [9.17, 15) is 9.59 Å². The van der Waals surface area contributed by atoms with Crippen LogP contribution >= 0.6 is 0 Å². The first-order valence-corrected chi connectivity index (χ1v) is 13.8. The molecule has 35 heavy (non-hydrogen) atoms. The lowest BCUT2D eigenvalue weighted by Gasteiger charge is -2.44. The fraction of sp³-hybridized carbons (Fsp3) is 0.714. The van der Waals surface area contributed by atoms with Crippen molar-refractivity contribution in [2.45, 2.75) is 104 Å².